The zero-order chi connectivity index (χ0) is 13.1. The van der Waals surface area contributed by atoms with Gasteiger partial charge in [-0.05, 0) is 25.5 Å². The molecule has 0 radical (unpaired) electrons. The Labute approximate surface area is 107 Å². The highest BCUT2D eigenvalue weighted by atomic mass is 32.2. The summed E-state index contributed by atoms with van der Waals surface area (Å²) < 4.78 is 0.0866. The summed E-state index contributed by atoms with van der Waals surface area (Å²) in [6.45, 7) is 4.86. The molecule has 5 heteroatoms. The summed E-state index contributed by atoms with van der Waals surface area (Å²) in [5.41, 5.74) is 0. The molecule has 17 heavy (non-hydrogen) atoms. The molecule has 1 amide bonds. The van der Waals surface area contributed by atoms with Gasteiger partial charge in [-0.15, -0.1) is 0 Å². The van der Waals surface area contributed by atoms with Gasteiger partial charge in [-0.2, -0.15) is 11.8 Å². The van der Waals surface area contributed by atoms with Crippen molar-refractivity contribution in [3.63, 3.8) is 0 Å². The molecule has 1 fully saturated rings. The van der Waals surface area contributed by atoms with E-state index in [0.29, 0.717) is 13.0 Å². The molecule has 0 aliphatic heterocycles. The highest BCUT2D eigenvalue weighted by molar-refractivity contribution is 8.00. The lowest BCUT2D eigenvalue weighted by molar-refractivity contribution is -0.140. The molecule has 0 heterocycles. The molecule has 0 aromatic carbocycles. The number of carbonyl (C=O) groups is 2. The average Bonchev–Trinajstić information content (AvgIpc) is 3.11. The van der Waals surface area contributed by atoms with E-state index in [2.05, 4.69) is 25.4 Å². The zero-order valence-electron chi connectivity index (χ0n) is 10.7. The van der Waals surface area contributed by atoms with Gasteiger partial charge in [0.1, 0.15) is 0 Å². The van der Waals surface area contributed by atoms with Crippen molar-refractivity contribution in [2.45, 2.75) is 37.9 Å². The van der Waals surface area contributed by atoms with Crippen molar-refractivity contribution in [2.24, 2.45) is 11.8 Å². The second-order valence-corrected chi connectivity index (χ2v) is 5.87. The number of aliphatic carboxylic acids is 1. The Morgan fingerprint density at radius 2 is 1.94 bits per heavy atom. The maximum absolute atomic E-state index is 11.7. The lowest BCUT2D eigenvalue weighted by Crippen LogP contribution is -2.40. The van der Waals surface area contributed by atoms with E-state index in [1.54, 1.807) is 11.8 Å². The molecule has 98 valence electrons. The Bertz CT molecular complexity index is 294. The highest BCUT2D eigenvalue weighted by Crippen LogP contribution is 2.39. The largest absolute Gasteiger partial charge is 0.481 e. The molecule has 1 saturated carbocycles. The minimum absolute atomic E-state index is 0.0866. The molecule has 0 bridgehead atoms. The Kier molecular flexibility index (Phi) is 4.86. The van der Waals surface area contributed by atoms with Crippen LogP contribution in [0.3, 0.4) is 0 Å². The molecule has 4 nitrogen and oxygen atoms in total. The van der Waals surface area contributed by atoms with Gasteiger partial charge in [-0.1, -0.05) is 13.8 Å². The Morgan fingerprint density at radius 3 is 2.29 bits per heavy atom. The Morgan fingerprint density at radius 1 is 1.35 bits per heavy atom. The lowest BCUT2D eigenvalue weighted by Gasteiger charge is -2.29. The lowest BCUT2D eigenvalue weighted by atomic mass is 10.0. The van der Waals surface area contributed by atoms with Crippen molar-refractivity contribution >= 4 is 23.6 Å². The normalized spacial score (nSPS) is 23.2. The summed E-state index contributed by atoms with van der Waals surface area (Å²) in [5, 5.41) is 11.7. The topological polar surface area (TPSA) is 66.4 Å². The van der Waals surface area contributed by atoms with Crippen molar-refractivity contribution in [3.05, 3.63) is 0 Å². The number of amides is 1. The van der Waals surface area contributed by atoms with E-state index in [-0.39, 0.29) is 16.6 Å². The molecule has 2 unspecified atom stereocenters. The van der Waals surface area contributed by atoms with Crippen molar-refractivity contribution in [1.82, 2.24) is 5.32 Å². The van der Waals surface area contributed by atoms with Crippen molar-refractivity contribution in [2.75, 3.05) is 12.8 Å². The number of hydrogen-bond acceptors (Lipinski definition) is 3. The molecule has 2 atom stereocenters. The van der Waals surface area contributed by atoms with Crippen molar-refractivity contribution in [1.29, 1.82) is 0 Å². The first-order chi connectivity index (χ1) is 7.99. The van der Waals surface area contributed by atoms with Crippen molar-refractivity contribution in [3.8, 4) is 0 Å². The standard InChI is InChI=1S/C12H21NO3S/c1-4-12(5-2,17-3)7-13-10(14)8-6-9(8)11(15)16/h8-9H,4-7H2,1-3H3,(H,13,14)(H,15,16). The molecule has 2 N–H and O–H groups in total. The van der Waals surface area contributed by atoms with Gasteiger partial charge in [0.25, 0.3) is 0 Å². The maximum Gasteiger partial charge on any atom is 0.307 e. The molecule has 0 aromatic rings. The van der Waals surface area contributed by atoms with Crippen LogP contribution in [-0.4, -0.2) is 34.5 Å². The summed E-state index contributed by atoms with van der Waals surface area (Å²) in [6, 6.07) is 0. The first-order valence-electron chi connectivity index (χ1n) is 6.05. The summed E-state index contributed by atoms with van der Waals surface area (Å²) in [6.07, 6.45) is 4.54. The van der Waals surface area contributed by atoms with Crippen LogP contribution in [0.4, 0.5) is 0 Å². The van der Waals surface area contributed by atoms with Gasteiger partial charge in [0.15, 0.2) is 0 Å². The van der Waals surface area contributed by atoms with E-state index in [1.165, 1.54) is 0 Å². The molecule has 0 saturated heterocycles. The van der Waals surface area contributed by atoms with Crippen LogP contribution in [0.5, 0.6) is 0 Å². The van der Waals surface area contributed by atoms with Crippen LogP contribution in [0.15, 0.2) is 0 Å². The van der Waals surface area contributed by atoms with Gasteiger partial charge in [0.05, 0.1) is 11.8 Å². The minimum atomic E-state index is -0.854. The summed E-state index contributed by atoms with van der Waals surface area (Å²) >= 11 is 1.77. The van der Waals surface area contributed by atoms with Gasteiger partial charge < -0.3 is 10.4 Å². The number of nitrogens with one attached hydrogen (secondary N) is 1. The Hall–Kier alpha value is -0.710. The maximum atomic E-state index is 11.7. The van der Waals surface area contributed by atoms with Gasteiger partial charge in [0, 0.05) is 11.3 Å². The van der Waals surface area contributed by atoms with Crippen LogP contribution in [0.25, 0.3) is 0 Å². The fourth-order valence-electron chi connectivity index (χ4n) is 2.00. The number of carbonyl (C=O) groups excluding carboxylic acids is 1. The van der Waals surface area contributed by atoms with E-state index in [1.807, 2.05) is 0 Å². The number of hydrogen-bond donors (Lipinski definition) is 2. The number of carboxylic acids is 1. The van der Waals surface area contributed by atoms with E-state index < -0.39 is 11.9 Å². The molecule has 0 spiro atoms. The first-order valence-corrected chi connectivity index (χ1v) is 7.27. The van der Waals surface area contributed by atoms with E-state index in [4.69, 9.17) is 5.11 Å². The second-order valence-electron chi connectivity index (χ2n) is 4.60. The van der Waals surface area contributed by atoms with E-state index >= 15 is 0 Å². The molecule has 0 aromatic heterocycles. The predicted molar refractivity (Wildman–Crippen MR) is 69.1 cm³/mol. The van der Waals surface area contributed by atoms with Crippen LogP contribution >= 0.6 is 11.8 Å². The molecule has 1 aliphatic carbocycles. The SMILES string of the molecule is CCC(CC)(CNC(=O)C1CC1C(=O)O)SC. The third kappa shape index (κ3) is 3.37. The third-order valence-corrected chi connectivity index (χ3v) is 5.34. The summed E-state index contributed by atoms with van der Waals surface area (Å²) in [5.74, 6) is -1.72. The van der Waals surface area contributed by atoms with E-state index in [9.17, 15) is 9.59 Å². The minimum Gasteiger partial charge on any atom is -0.481 e. The third-order valence-electron chi connectivity index (χ3n) is 3.75. The smallest absolute Gasteiger partial charge is 0.307 e. The first kappa shape index (κ1) is 14.4. The van der Waals surface area contributed by atoms with Crippen LogP contribution in [-0.2, 0) is 9.59 Å². The quantitative estimate of drug-likeness (QED) is 0.731. The van der Waals surface area contributed by atoms with Gasteiger partial charge in [-0.3, -0.25) is 9.59 Å². The van der Waals surface area contributed by atoms with E-state index in [0.717, 1.165) is 12.8 Å². The average molecular weight is 259 g/mol. The molecular weight excluding hydrogens is 238 g/mol. The van der Waals surface area contributed by atoms with Crippen LogP contribution in [0.1, 0.15) is 33.1 Å². The molecule has 1 aliphatic rings. The predicted octanol–water partition coefficient (Wildman–Crippen LogP) is 1.75. The second kappa shape index (κ2) is 5.76. The summed E-state index contributed by atoms with van der Waals surface area (Å²) in [4.78, 5) is 22.4. The fourth-order valence-corrected chi connectivity index (χ4v) is 2.79. The van der Waals surface area contributed by atoms with Gasteiger partial charge in [-0.25, -0.2) is 0 Å². The summed E-state index contributed by atoms with van der Waals surface area (Å²) in [7, 11) is 0. The Balaban J connectivity index is 2.41. The van der Waals surface area contributed by atoms with Gasteiger partial charge >= 0.3 is 5.97 Å². The monoisotopic (exact) mass is 259 g/mol. The van der Waals surface area contributed by atoms with Crippen LogP contribution in [0.2, 0.25) is 0 Å². The zero-order valence-corrected chi connectivity index (χ0v) is 11.5. The molecular formula is C12H21NO3S. The number of carboxylic acid groups (broad SMARTS) is 1. The fraction of sp³-hybridized carbons (Fsp3) is 0.833. The van der Waals surface area contributed by atoms with Crippen LogP contribution < -0.4 is 5.32 Å². The number of thioether (sulfide) groups is 1. The molecule has 1 rings (SSSR count). The highest BCUT2D eigenvalue weighted by Gasteiger charge is 2.48. The number of rotatable bonds is 7. The van der Waals surface area contributed by atoms with Crippen LogP contribution in [0, 0.1) is 11.8 Å². The van der Waals surface area contributed by atoms with Crippen molar-refractivity contribution < 1.29 is 14.7 Å². The van der Waals surface area contributed by atoms with Gasteiger partial charge in [0.2, 0.25) is 5.91 Å².